The van der Waals surface area contributed by atoms with Crippen LogP contribution >= 0.6 is 0 Å². The van der Waals surface area contributed by atoms with Crippen molar-refractivity contribution in [2.75, 3.05) is 19.8 Å². The van der Waals surface area contributed by atoms with Crippen LogP contribution in [0.15, 0.2) is 65.6 Å². The molecule has 0 aromatic heterocycles. The molecule has 1 heterocycles. The Morgan fingerprint density at radius 2 is 1.48 bits per heavy atom. The lowest BCUT2D eigenvalue weighted by Crippen LogP contribution is -2.29. The second-order valence-electron chi connectivity index (χ2n) is 5.16. The minimum absolute atomic E-state index is 0.0217. The van der Waals surface area contributed by atoms with Gasteiger partial charge >= 0.3 is 0 Å². The van der Waals surface area contributed by atoms with Crippen LogP contribution in [0.5, 0.6) is 0 Å². The summed E-state index contributed by atoms with van der Waals surface area (Å²) in [7, 11) is -3.77. The van der Waals surface area contributed by atoms with E-state index in [1.165, 1.54) is 12.1 Å². The third-order valence-corrected chi connectivity index (χ3v) is 5.00. The molecule has 6 heteroatoms. The fourth-order valence-electron chi connectivity index (χ4n) is 2.54. The van der Waals surface area contributed by atoms with Crippen LogP contribution in [-0.2, 0) is 29.6 Å². The van der Waals surface area contributed by atoms with Gasteiger partial charge in [0.2, 0.25) is 0 Å². The van der Waals surface area contributed by atoms with Crippen molar-refractivity contribution in [2.45, 2.75) is 17.1 Å². The van der Waals surface area contributed by atoms with Gasteiger partial charge in [0.05, 0.1) is 24.7 Å². The van der Waals surface area contributed by atoms with Crippen LogP contribution in [0.3, 0.4) is 0 Å². The van der Waals surface area contributed by atoms with Crippen molar-refractivity contribution in [3.63, 3.8) is 0 Å². The molecule has 2 aromatic carbocycles. The standard InChI is InChI=1S/C17H18O5S/c18-23(19,16-9-5-2-6-10-16)22-12-11-17(20-13-14-21-17)15-7-3-1-4-8-15/h1-10H,11-14H2. The van der Waals surface area contributed by atoms with Crippen molar-refractivity contribution in [3.05, 3.63) is 66.2 Å². The zero-order valence-electron chi connectivity index (χ0n) is 12.6. The molecule has 1 aliphatic heterocycles. The van der Waals surface area contributed by atoms with Crippen LogP contribution in [-0.4, -0.2) is 28.2 Å². The molecule has 0 N–H and O–H groups in total. The molecule has 0 radical (unpaired) electrons. The zero-order chi connectivity index (χ0) is 16.2. The number of hydrogen-bond donors (Lipinski definition) is 0. The summed E-state index contributed by atoms with van der Waals surface area (Å²) in [6.07, 6.45) is 0.295. The number of ether oxygens (including phenoxy) is 2. The van der Waals surface area contributed by atoms with Crippen LogP contribution in [0, 0.1) is 0 Å². The van der Waals surface area contributed by atoms with E-state index in [9.17, 15) is 8.42 Å². The van der Waals surface area contributed by atoms with Crippen LogP contribution in [0.1, 0.15) is 12.0 Å². The summed E-state index contributed by atoms with van der Waals surface area (Å²) in [6, 6.07) is 17.6. The Hall–Kier alpha value is -1.73. The Morgan fingerprint density at radius 3 is 2.09 bits per heavy atom. The monoisotopic (exact) mass is 334 g/mol. The largest absolute Gasteiger partial charge is 0.343 e. The van der Waals surface area contributed by atoms with Crippen LogP contribution < -0.4 is 0 Å². The summed E-state index contributed by atoms with van der Waals surface area (Å²) in [4.78, 5) is 0.141. The van der Waals surface area contributed by atoms with E-state index in [1.54, 1.807) is 18.2 Å². The van der Waals surface area contributed by atoms with E-state index in [1.807, 2.05) is 30.3 Å². The minimum Gasteiger partial charge on any atom is -0.343 e. The molecule has 2 aromatic rings. The summed E-state index contributed by atoms with van der Waals surface area (Å²) >= 11 is 0. The van der Waals surface area contributed by atoms with Gasteiger partial charge in [0, 0.05) is 12.0 Å². The predicted molar refractivity (Wildman–Crippen MR) is 84.2 cm³/mol. The molecule has 0 bridgehead atoms. The van der Waals surface area contributed by atoms with Crippen molar-refractivity contribution in [3.8, 4) is 0 Å². The molecule has 5 nitrogen and oxygen atoms in total. The Morgan fingerprint density at radius 1 is 0.913 bits per heavy atom. The first-order chi connectivity index (χ1) is 11.1. The summed E-state index contributed by atoms with van der Waals surface area (Å²) < 4.78 is 40.9. The van der Waals surface area contributed by atoms with Gasteiger partial charge in [-0.25, -0.2) is 0 Å². The van der Waals surface area contributed by atoms with E-state index >= 15 is 0 Å². The van der Waals surface area contributed by atoms with Gasteiger partial charge in [-0.2, -0.15) is 8.42 Å². The first kappa shape index (κ1) is 16.1. The maximum absolute atomic E-state index is 12.1. The van der Waals surface area contributed by atoms with E-state index in [2.05, 4.69) is 0 Å². The fraction of sp³-hybridized carbons (Fsp3) is 0.294. The van der Waals surface area contributed by atoms with Crippen LogP contribution in [0.25, 0.3) is 0 Å². The first-order valence-corrected chi connectivity index (χ1v) is 8.81. The second kappa shape index (κ2) is 6.80. The molecule has 23 heavy (non-hydrogen) atoms. The van der Waals surface area contributed by atoms with Crippen LogP contribution in [0.2, 0.25) is 0 Å². The highest BCUT2D eigenvalue weighted by molar-refractivity contribution is 7.86. The molecular formula is C17H18O5S. The molecule has 1 aliphatic rings. The van der Waals surface area contributed by atoms with Gasteiger partial charge in [-0.1, -0.05) is 48.5 Å². The van der Waals surface area contributed by atoms with Gasteiger partial charge in [-0.15, -0.1) is 0 Å². The highest BCUT2D eigenvalue weighted by atomic mass is 32.2. The summed E-state index contributed by atoms with van der Waals surface area (Å²) in [5.74, 6) is -0.937. The Balaban J connectivity index is 1.69. The highest BCUT2D eigenvalue weighted by Gasteiger charge is 2.38. The maximum Gasteiger partial charge on any atom is 0.296 e. The van der Waals surface area contributed by atoms with E-state index in [-0.39, 0.29) is 11.5 Å². The zero-order valence-corrected chi connectivity index (χ0v) is 13.4. The molecule has 122 valence electrons. The number of rotatable bonds is 6. The van der Waals surface area contributed by atoms with E-state index in [0.717, 1.165) is 5.56 Å². The predicted octanol–water partition coefficient (Wildman–Crippen LogP) is 2.68. The lowest BCUT2D eigenvalue weighted by molar-refractivity contribution is -0.174. The minimum atomic E-state index is -3.77. The molecule has 3 rings (SSSR count). The molecule has 0 aliphatic carbocycles. The van der Waals surface area contributed by atoms with Crippen molar-refractivity contribution in [2.24, 2.45) is 0 Å². The van der Waals surface area contributed by atoms with Crippen molar-refractivity contribution in [1.29, 1.82) is 0 Å². The summed E-state index contributed by atoms with van der Waals surface area (Å²) in [6.45, 7) is 0.923. The molecule has 0 spiro atoms. The number of benzene rings is 2. The third-order valence-electron chi connectivity index (χ3n) is 3.67. The molecule has 0 saturated carbocycles. The van der Waals surface area contributed by atoms with Gasteiger partial charge in [0.1, 0.15) is 0 Å². The van der Waals surface area contributed by atoms with E-state index in [0.29, 0.717) is 19.6 Å². The van der Waals surface area contributed by atoms with Crippen molar-refractivity contribution in [1.82, 2.24) is 0 Å². The third kappa shape index (κ3) is 3.61. The lowest BCUT2D eigenvalue weighted by Gasteiger charge is -2.27. The van der Waals surface area contributed by atoms with Gasteiger partial charge in [0.25, 0.3) is 10.1 Å². The van der Waals surface area contributed by atoms with Crippen molar-refractivity contribution >= 4 is 10.1 Å². The molecule has 1 fully saturated rings. The normalized spacial score (nSPS) is 17.2. The lowest BCUT2D eigenvalue weighted by atomic mass is 10.0. The second-order valence-corrected chi connectivity index (χ2v) is 6.77. The molecule has 0 atom stereocenters. The van der Waals surface area contributed by atoms with Crippen LogP contribution in [0.4, 0.5) is 0 Å². The molecule has 0 unspecified atom stereocenters. The Labute approximate surface area is 135 Å². The smallest absolute Gasteiger partial charge is 0.296 e. The quantitative estimate of drug-likeness (QED) is 0.760. The first-order valence-electron chi connectivity index (χ1n) is 7.40. The van der Waals surface area contributed by atoms with Gasteiger partial charge in [0.15, 0.2) is 5.79 Å². The molecular weight excluding hydrogens is 316 g/mol. The number of hydrogen-bond acceptors (Lipinski definition) is 5. The highest BCUT2D eigenvalue weighted by Crippen LogP contribution is 2.35. The van der Waals surface area contributed by atoms with E-state index in [4.69, 9.17) is 13.7 Å². The maximum atomic E-state index is 12.1. The van der Waals surface area contributed by atoms with Gasteiger partial charge in [-0.05, 0) is 12.1 Å². The Bertz CT molecular complexity index is 722. The van der Waals surface area contributed by atoms with Crippen molar-refractivity contribution < 1.29 is 22.1 Å². The molecule has 0 amide bonds. The SMILES string of the molecule is O=S(=O)(OCCC1(c2ccccc2)OCCO1)c1ccccc1. The van der Waals surface area contributed by atoms with Gasteiger partial charge in [-0.3, -0.25) is 4.18 Å². The molecule has 1 saturated heterocycles. The average Bonchev–Trinajstić information content (AvgIpc) is 3.06. The van der Waals surface area contributed by atoms with E-state index < -0.39 is 15.9 Å². The fourth-order valence-corrected chi connectivity index (χ4v) is 3.47. The topological polar surface area (TPSA) is 61.8 Å². The average molecular weight is 334 g/mol. The summed E-state index contributed by atoms with van der Waals surface area (Å²) in [5, 5.41) is 0. The summed E-state index contributed by atoms with van der Waals surface area (Å²) in [5.41, 5.74) is 0.859. The van der Waals surface area contributed by atoms with Gasteiger partial charge < -0.3 is 9.47 Å². The Kier molecular flexibility index (Phi) is 4.77.